The standard InChI is InChI=1S/C21H14N/c1-2-13-22(14-3-1)19-12-10-17-8-7-15-5-4-6-16-9-11-18(19)21(17)20(15)16/h1-14H/q+1. The van der Waals surface area contributed by atoms with Crippen LogP contribution in [0.3, 0.4) is 0 Å². The summed E-state index contributed by atoms with van der Waals surface area (Å²) >= 11 is 0. The van der Waals surface area contributed by atoms with Crippen molar-refractivity contribution in [2.24, 2.45) is 0 Å². The van der Waals surface area contributed by atoms with Gasteiger partial charge in [-0.1, -0.05) is 42.5 Å². The van der Waals surface area contributed by atoms with Crippen molar-refractivity contribution in [1.82, 2.24) is 0 Å². The Labute approximate surface area is 128 Å². The van der Waals surface area contributed by atoms with Gasteiger partial charge in [-0.3, -0.25) is 0 Å². The minimum atomic E-state index is 1.23. The van der Waals surface area contributed by atoms with E-state index in [1.807, 2.05) is 6.07 Å². The quantitative estimate of drug-likeness (QED) is 0.305. The average Bonchev–Trinajstić information content (AvgIpc) is 2.60. The summed E-state index contributed by atoms with van der Waals surface area (Å²) in [6.45, 7) is 0. The molecular weight excluding hydrogens is 266 g/mol. The predicted molar refractivity (Wildman–Crippen MR) is 91.7 cm³/mol. The van der Waals surface area contributed by atoms with Crippen molar-refractivity contribution in [2.45, 2.75) is 0 Å². The van der Waals surface area contributed by atoms with Crippen molar-refractivity contribution < 1.29 is 4.57 Å². The van der Waals surface area contributed by atoms with E-state index in [0.29, 0.717) is 0 Å². The molecule has 0 unspecified atom stereocenters. The largest absolute Gasteiger partial charge is 0.218 e. The first-order valence-corrected chi connectivity index (χ1v) is 7.55. The van der Waals surface area contributed by atoms with Crippen molar-refractivity contribution >= 4 is 32.3 Å². The van der Waals surface area contributed by atoms with Crippen LogP contribution in [0.5, 0.6) is 0 Å². The Morgan fingerprint density at radius 1 is 0.500 bits per heavy atom. The van der Waals surface area contributed by atoms with Crippen LogP contribution >= 0.6 is 0 Å². The summed E-state index contributed by atoms with van der Waals surface area (Å²) < 4.78 is 2.19. The molecule has 5 aromatic rings. The van der Waals surface area contributed by atoms with Crippen molar-refractivity contribution in [3.8, 4) is 5.69 Å². The number of nitrogens with zero attached hydrogens (tertiary/aromatic N) is 1. The number of hydrogen-bond donors (Lipinski definition) is 0. The van der Waals surface area contributed by atoms with Gasteiger partial charge in [0.2, 0.25) is 5.69 Å². The number of rotatable bonds is 1. The first kappa shape index (κ1) is 11.7. The Morgan fingerprint density at radius 2 is 1.14 bits per heavy atom. The summed E-state index contributed by atoms with van der Waals surface area (Å²) in [4.78, 5) is 0. The van der Waals surface area contributed by atoms with E-state index in [1.54, 1.807) is 0 Å². The zero-order chi connectivity index (χ0) is 14.5. The molecule has 0 bridgehead atoms. The fourth-order valence-corrected chi connectivity index (χ4v) is 3.50. The molecule has 0 saturated heterocycles. The van der Waals surface area contributed by atoms with Crippen LogP contribution in [0.4, 0.5) is 0 Å². The Kier molecular flexibility index (Phi) is 2.28. The molecule has 0 aliphatic heterocycles. The number of aromatic nitrogens is 1. The molecule has 0 fully saturated rings. The Bertz CT molecular complexity index is 1090. The molecule has 0 radical (unpaired) electrons. The normalized spacial score (nSPS) is 11.6. The van der Waals surface area contributed by atoms with E-state index in [4.69, 9.17) is 0 Å². The van der Waals surface area contributed by atoms with Crippen molar-refractivity contribution in [3.05, 3.63) is 85.2 Å². The molecule has 1 nitrogen and oxygen atoms in total. The lowest BCUT2D eigenvalue weighted by Crippen LogP contribution is -2.29. The van der Waals surface area contributed by atoms with Gasteiger partial charge in [0.25, 0.3) is 0 Å². The summed E-state index contributed by atoms with van der Waals surface area (Å²) in [7, 11) is 0. The number of pyridine rings is 1. The summed E-state index contributed by atoms with van der Waals surface area (Å²) in [5.41, 5.74) is 1.23. The zero-order valence-corrected chi connectivity index (χ0v) is 12.0. The lowest BCUT2D eigenvalue weighted by atomic mass is 9.93. The second kappa shape index (κ2) is 4.28. The van der Waals surface area contributed by atoms with Crippen LogP contribution in [0.2, 0.25) is 0 Å². The highest BCUT2D eigenvalue weighted by molar-refractivity contribution is 6.24. The highest BCUT2D eigenvalue weighted by Crippen LogP contribution is 2.35. The first-order valence-electron chi connectivity index (χ1n) is 7.55. The molecule has 0 N–H and O–H groups in total. The van der Waals surface area contributed by atoms with E-state index in [0.717, 1.165) is 0 Å². The molecule has 0 amide bonds. The zero-order valence-electron chi connectivity index (χ0n) is 12.0. The lowest BCUT2D eigenvalue weighted by molar-refractivity contribution is -0.594. The monoisotopic (exact) mass is 280 g/mol. The molecule has 0 spiro atoms. The molecule has 4 aromatic carbocycles. The van der Waals surface area contributed by atoms with E-state index in [9.17, 15) is 0 Å². The van der Waals surface area contributed by atoms with Crippen LogP contribution in [0, 0.1) is 0 Å². The second-order valence-electron chi connectivity index (χ2n) is 5.72. The van der Waals surface area contributed by atoms with Gasteiger partial charge < -0.3 is 0 Å². The molecule has 1 aromatic heterocycles. The average molecular weight is 280 g/mol. The molecule has 102 valence electrons. The summed E-state index contributed by atoms with van der Waals surface area (Å²) in [6.07, 6.45) is 4.21. The van der Waals surface area contributed by atoms with Crippen LogP contribution in [0.1, 0.15) is 0 Å². The van der Waals surface area contributed by atoms with Gasteiger partial charge in [-0.2, -0.15) is 4.57 Å². The van der Waals surface area contributed by atoms with Gasteiger partial charge in [-0.25, -0.2) is 0 Å². The van der Waals surface area contributed by atoms with E-state index in [1.165, 1.54) is 38.0 Å². The van der Waals surface area contributed by atoms with Gasteiger partial charge in [0, 0.05) is 23.6 Å². The number of benzene rings is 4. The summed E-state index contributed by atoms with van der Waals surface area (Å²) in [6, 6.07) is 26.1. The van der Waals surface area contributed by atoms with Gasteiger partial charge in [0.15, 0.2) is 12.4 Å². The van der Waals surface area contributed by atoms with Crippen LogP contribution in [-0.2, 0) is 0 Å². The lowest BCUT2D eigenvalue weighted by Gasteiger charge is -2.11. The van der Waals surface area contributed by atoms with E-state index < -0.39 is 0 Å². The predicted octanol–water partition coefficient (Wildman–Crippen LogP) is 4.86. The van der Waals surface area contributed by atoms with Crippen molar-refractivity contribution in [2.75, 3.05) is 0 Å². The molecule has 5 rings (SSSR count). The molecular formula is C21H14N+. The van der Waals surface area contributed by atoms with E-state index in [2.05, 4.69) is 83.7 Å². The third-order valence-corrected chi connectivity index (χ3v) is 4.50. The van der Waals surface area contributed by atoms with Gasteiger partial charge in [-0.15, -0.1) is 0 Å². The molecule has 22 heavy (non-hydrogen) atoms. The van der Waals surface area contributed by atoms with Gasteiger partial charge in [0.05, 0.1) is 5.39 Å². The fraction of sp³-hybridized carbons (Fsp3) is 0. The Balaban J connectivity index is 2.02. The smallest absolute Gasteiger partial charge is 0.167 e. The topological polar surface area (TPSA) is 3.88 Å². The molecule has 0 saturated carbocycles. The molecule has 1 heterocycles. The van der Waals surface area contributed by atoms with Crippen molar-refractivity contribution in [1.29, 1.82) is 0 Å². The van der Waals surface area contributed by atoms with Gasteiger partial charge >= 0.3 is 0 Å². The summed E-state index contributed by atoms with van der Waals surface area (Å²) in [5.74, 6) is 0. The number of hydrogen-bond acceptors (Lipinski definition) is 0. The highest BCUT2D eigenvalue weighted by atomic mass is 14.9. The third kappa shape index (κ3) is 1.51. The molecule has 0 aliphatic carbocycles. The highest BCUT2D eigenvalue weighted by Gasteiger charge is 2.15. The maximum Gasteiger partial charge on any atom is 0.218 e. The maximum atomic E-state index is 2.25. The molecule has 1 heteroatoms. The first-order chi connectivity index (χ1) is 10.9. The van der Waals surface area contributed by atoms with Crippen molar-refractivity contribution in [3.63, 3.8) is 0 Å². The van der Waals surface area contributed by atoms with Crippen LogP contribution in [-0.4, -0.2) is 0 Å². The molecule has 0 aliphatic rings. The SMILES string of the molecule is c1cc[n+](-c2ccc3ccc4cccc5ccc2c3c45)cc1. The Morgan fingerprint density at radius 3 is 1.91 bits per heavy atom. The van der Waals surface area contributed by atoms with E-state index in [-0.39, 0.29) is 0 Å². The minimum Gasteiger partial charge on any atom is -0.167 e. The molecule has 0 atom stereocenters. The van der Waals surface area contributed by atoms with E-state index >= 15 is 0 Å². The minimum absolute atomic E-state index is 1.23. The Hall–Kier alpha value is -2.93. The fourth-order valence-electron chi connectivity index (χ4n) is 3.50. The maximum absolute atomic E-state index is 2.25. The van der Waals surface area contributed by atoms with Gasteiger partial charge in [0.1, 0.15) is 0 Å². The van der Waals surface area contributed by atoms with Crippen LogP contribution in [0.25, 0.3) is 38.0 Å². The van der Waals surface area contributed by atoms with Crippen LogP contribution < -0.4 is 4.57 Å². The second-order valence-corrected chi connectivity index (χ2v) is 5.72. The van der Waals surface area contributed by atoms with Gasteiger partial charge in [-0.05, 0) is 33.7 Å². The third-order valence-electron chi connectivity index (χ3n) is 4.50. The van der Waals surface area contributed by atoms with Crippen LogP contribution in [0.15, 0.2) is 85.2 Å². The summed E-state index contributed by atoms with van der Waals surface area (Å²) in [5, 5.41) is 7.97.